The minimum absolute atomic E-state index is 0.00203. The number of fused-ring (bicyclic) bond motifs is 1. The summed E-state index contributed by atoms with van der Waals surface area (Å²) in [7, 11) is -4.51. The third-order valence-electron chi connectivity index (χ3n) is 3.62. The fraction of sp³-hybridized carbons (Fsp3) is 0.400. The summed E-state index contributed by atoms with van der Waals surface area (Å²) < 4.78 is 70.7. The van der Waals surface area contributed by atoms with Crippen LogP contribution in [0.15, 0.2) is 16.6 Å². The van der Waals surface area contributed by atoms with Gasteiger partial charge in [-0.05, 0) is 35.0 Å². The van der Waals surface area contributed by atoms with E-state index in [0.717, 1.165) is 0 Å². The van der Waals surface area contributed by atoms with Gasteiger partial charge in [-0.2, -0.15) is 8.78 Å². The van der Waals surface area contributed by atoms with E-state index in [1.807, 2.05) is 0 Å². The second-order valence-corrected chi connectivity index (χ2v) is 9.39. The lowest BCUT2D eigenvalue weighted by atomic mass is 10.1. The zero-order chi connectivity index (χ0) is 21.5. The molecule has 3 N–H and O–H groups in total. The summed E-state index contributed by atoms with van der Waals surface area (Å²) in [6.07, 6.45) is -0.656. The third kappa shape index (κ3) is 4.68. The highest BCUT2D eigenvalue weighted by atomic mass is 79.9. The molecular weight excluding hydrogens is 493 g/mol. The highest BCUT2D eigenvalue weighted by Gasteiger charge is 2.53. The Labute approximate surface area is 169 Å². The maximum absolute atomic E-state index is 14.2. The number of hydrogen-bond donors (Lipinski definition) is 3. The Bertz CT molecular complexity index is 956. The van der Waals surface area contributed by atoms with Gasteiger partial charge in [-0.15, -0.1) is 11.3 Å². The van der Waals surface area contributed by atoms with Gasteiger partial charge < -0.3 is 19.8 Å². The second-order valence-electron chi connectivity index (χ2n) is 5.93. The van der Waals surface area contributed by atoms with Crippen molar-refractivity contribution >= 4 is 50.9 Å². The SMILES string of the molecule is CNC(=O)c1cc(OCCC(C)(F)F)c2sc(C(F)(F)P(=O)(O)O)c(Br)c2c1. The first kappa shape index (κ1) is 23.1. The summed E-state index contributed by atoms with van der Waals surface area (Å²) in [5.74, 6) is -3.74. The first-order chi connectivity index (χ1) is 12.7. The second kappa shape index (κ2) is 7.91. The molecule has 28 heavy (non-hydrogen) atoms. The first-order valence-electron chi connectivity index (χ1n) is 7.61. The molecule has 0 aliphatic heterocycles. The van der Waals surface area contributed by atoms with Gasteiger partial charge in [-0.1, -0.05) is 0 Å². The Morgan fingerprint density at radius 1 is 1.32 bits per heavy atom. The maximum Gasteiger partial charge on any atom is 0.400 e. The molecule has 6 nitrogen and oxygen atoms in total. The molecule has 0 atom stereocenters. The summed E-state index contributed by atoms with van der Waals surface area (Å²) >= 11 is 3.24. The Kier molecular flexibility index (Phi) is 6.52. The minimum Gasteiger partial charge on any atom is -0.492 e. The van der Waals surface area contributed by atoms with E-state index in [0.29, 0.717) is 18.3 Å². The van der Waals surface area contributed by atoms with E-state index in [1.165, 1.54) is 19.2 Å². The van der Waals surface area contributed by atoms with Crippen LogP contribution in [-0.4, -0.2) is 35.3 Å². The Balaban J connectivity index is 2.64. The lowest BCUT2D eigenvalue weighted by Gasteiger charge is -2.16. The summed E-state index contributed by atoms with van der Waals surface area (Å²) in [6.45, 7) is 0.225. The number of carbonyl (C=O) groups excluding carboxylic acids is 1. The number of nitrogens with one attached hydrogen (secondary N) is 1. The smallest absolute Gasteiger partial charge is 0.400 e. The van der Waals surface area contributed by atoms with Crippen molar-refractivity contribution in [3.63, 3.8) is 0 Å². The van der Waals surface area contributed by atoms with Gasteiger partial charge in [0.1, 0.15) is 10.6 Å². The quantitative estimate of drug-likeness (QED) is 0.373. The zero-order valence-corrected chi connectivity index (χ0v) is 17.7. The predicted molar refractivity (Wildman–Crippen MR) is 99.6 cm³/mol. The van der Waals surface area contributed by atoms with Crippen molar-refractivity contribution in [2.24, 2.45) is 0 Å². The molecular formula is C15H15BrF4NO5PS. The number of ether oxygens (including phenoxy) is 1. The van der Waals surface area contributed by atoms with E-state index in [4.69, 9.17) is 14.5 Å². The number of rotatable bonds is 7. The molecule has 0 aliphatic rings. The maximum atomic E-state index is 14.2. The molecule has 0 saturated heterocycles. The van der Waals surface area contributed by atoms with Crippen LogP contribution in [0.4, 0.5) is 17.6 Å². The number of thiophene rings is 1. The van der Waals surface area contributed by atoms with Crippen LogP contribution in [0, 0.1) is 0 Å². The highest BCUT2D eigenvalue weighted by molar-refractivity contribution is 9.10. The molecule has 0 aliphatic carbocycles. The standard InChI is InChI=1S/C15H15BrF4NO5PS/c1-14(17,18)3-4-26-9-6-7(13(22)21-2)5-8-10(16)12(28-11(8)9)15(19,20)27(23,24)25/h5-6H,3-4H2,1-2H3,(H,21,22)(H2,23,24,25). The van der Waals surface area contributed by atoms with E-state index in [1.54, 1.807) is 0 Å². The minimum atomic E-state index is -5.84. The molecule has 1 heterocycles. The Hall–Kier alpha value is -1.20. The first-order valence-corrected chi connectivity index (χ1v) is 10.8. The fourth-order valence-corrected chi connectivity index (χ4v) is 5.16. The van der Waals surface area contributed by atoms with Crippen molar-refractivity contribution in [3.05, 3.63) is 27.0 Å². The summed E-state index contributed by atoms with van der Waals surface area (Å²) in [4.78, 5) is 29.0. The van der Waals surface area contributed by atoms with E-state index in [9.17, 15) is 26.9 Å². The lowest BCUT2D eigenvalue weighted by Crippen LogP contribution is -2.18. The van der Waals surface area contributed by atoms with Gasteiger partial charge in [-0.25, -0.2) is 8.78 Å². The molecule has 0 spiro atoms. The molecule has 156 valence electrons. The molecule has 0 unspecified atom stereocenters. The van der Waals surface area contributed by atoms with Gasteiger partial charge in [0, 0.05) is 28.9 Å². The molecule has 1 aromatic carbocycles. The van der Waals surface area contributed by atoms with Gasteiger partial charge in [0.25, 0.3) is 5.91 Å². The fourth-order valence-electron chi connectivity index (χ4n) is 2.19. The number of alkyl halides is 4. The van der Waals surface area contributed by atoms with E-state index >= 15 is 0 Å². The van der Waals surface area contributed by atoms with Gasteiger partial charge in [0.05, 0.1) is 11.3 Å². The number of benzene rings is 1. The van der Waals surface area contributed by atoms with Gasteiger partial charge in [0.2, 0.25) is 5.92 Å². The molecule has 0 saturated carbocycles. The van der Waals surface area contributed by atoms with Crippen molar-refractivity contribution in [2.45, 2.75) is 24.9 Å². The molecule has 2 aromatic rings. The molecule has 0 fully saturated rings. The summed E-state index contributed by atoms with van der Waals surface area (Å²) in [5, 5.41) is 2.37. The van der Waals surface area contributed by atoms with Gasteiger partial charge >= 0.3 is 13.3 Å². The summed E-state index contributed by atoms with van der Waals surface area (Å²) in [6, 6.07) is 2.42. The van der Waals surface area contributed by atoms with Crippen LogP contribution in [-0.2, 0) is 10.2 Å². The lowest BCUT2D eigenvalue weighted by molar-refractivity contribution is 0.000996. The molecule has 0 bridgehead atoms. The van der Waals surface area contributed by atoms with Crippen LogP contribution in [0.2, 0.25) is 0 Å². The van der Waals surface area contributed by atoms with Crippen LogP contribution in [0.3, 0.4) is 0 Å². The van der Waals surface area contributed by atoms with Crippen molar-refractivity contribution in [3.8, 4) is 5.75 Å². The predicted octanol–water partition coefficient (Wildman–Crippen LogP) is 4.67. The number of hydrogen-bond acceptors (Lipinski definition) is 4. The van der Waals surface area contributed by atoms with Crippen molar-refractivity contribution in [1.29, 1.82) is 0 Å². The van der Waals surface area contributed by atoms with Gasteiger partial charge in [0.15, 0.2) is 0 Å². The van der Waals surface area contributed by atoms with E-state index in [2.05, 4.69) is 21.2 Å². The number of halogens is 5. The largest absolute Gasteiger partial charge is 0.492 e. The average Bonchev–Trinajstić information content (AvgIpc) is 2.89. The molecule has 0 radical (unpaired) electrons. The third-order valence-corrected chi connectivity index (χ3v) is 7.10. The topological polar surface area (TPSA) is 95.9 Å². The van der Waals surface area contributed by atoms with Crippen LogP contribution >= 0.6 is 34.9 Å². The molecule has 1 aromatic heterocycles. The number of amides is 1. The van der Waals surface area contributed by atoms with Crippen molar-refractivity contribution in [2.75, 3.05) is 13.7 Å². The van der Waals surface area contributed by atoms with Crippen LogP contribution in [0.25, 0.3) is 10.1 Å². The van der Waals surface area contributed by atoms with E-state index < -0.39 is 43.0 Å². The number of carbonyl (C=O) groups is 1. The zero-order valence-electron chi connectivity index (χ0n) is 14.4. The molecule has 2 rings (SSSR count). The molecule has 13 heteroatoms. The van der Waals surface area contributed by atoms with E-state index in [-0.39, 0.29) is 25.9 Å². The van der Waals surface area contributed by atoms with Crippen LogP contribution in [0.5, 0.6) is 5.75 Å². The van der Waals surface area contributed by atoms with Crippen molar-refractivity contribution in [1.82, 2.24) is 5.32 Å². The Morgan fingerprint density at radius 2 is 1.93 bits per heavy atom. The van der Waals surface area contributed by atoms with Gasteiger partial charge in [-0.3, -0.25) is 9.36 Å². The Morgan fingerprint density at radius 3 is 2.43 bits per heavy atom. The van der Waals surface area contributed by atoms with Crippen molar-refractivity contribution < 1.29 is 41.4 Å². The average molecular weight is 508 g/mol. The van der Waals surface area contributed by atoms with Crippen LogP contribution < -0.4 is 10.1 Å². The van der Waals surface area contributed by atoms with Crippen LogP contribution in [0.1, 0.15) is 28.6 Å². The summed E-state index contributed by atoms with van der Waals surface area (Å²) in [5.41, 5.74) is -4.49. The monoisotopic (exact) mass is 507 g/mol. The molecule has 1 amide bonds. The highest BCUT2D eigenvalue weighted by Crippen LogP contribution is 2.63. The normalized spacial score (nSPS) is 13.0.